The number of nitrogens with zero attached hydrogens (tertiary/aromatic N) is 4. The van der Waals surface area contributed by atoms with Gasteiger partial charge in [-0.25, -0.2) is 9.88 Å². The molecular formula is C17H16N4O4. The van der Waals surface area contributed by atoms with Gasteiger partial charge in [0.25, 0.3) is 11.8 Å². The SMILES string of the molecule is C=Cc1nc(O)c(O)c(C(=O)N(C2=CCCCO2)c2cccnc2)n1. The molecule has 0 spiro atoms. The van der Waals surface area contributed by atoms with Crippen molar-refractivity contribution < 1.29 is 19.7 Å². The zero-order valence-corrected chi connectivity index (χ0v) is 13.3. The van der Waals surface area contributed by atoms with Gasteiger partial charge in [-0.05, 0) is 37.1 Å². The zero-order chi connectivity index (χ0) is 17.8. The van der Waals surface area contributed by atoms with Crippen LogP contribution in [0.15, 0.2) is 43.1 Å². The van der Waals surface area contributed by atoms with E-state index in [-0.39, 0.29) is 11.5 Å². The third kappa shape index (κ3) is 3.27. The molecule has 128 valence electrons. The largest absolute Gasteiger partial charge is 0.501 e. The van der Waals surface area contributed by atoms with Gasteiger partial charge in [0.05, 0.1) is 18.5 Å². The maximum absolute atomic E-state index is 13.1. The number of anilines is 1. The summed E-state index contributed by atoms with van der Waals surface area (Å²) < 4.78 is 5.59. The standard InChI is InChI=1S/C17H16N4O4/c1-2-12-19-14(15(22)16(23)20-12)17(24)21(11-6-5-8-18-10-11)13-7-3-4-9-25-13/h2,5-8,10,22H,1,3-4,9H2,(H,19,20,23). The van der Waals surface area contributed by atoms with E-state index < -0.39 is 17.5 Å². The van der Waals surface area contributed by atoms with Crippen molar-refractivity contribution in [3.05, 3.63) is 54.6 Å². The van der Waals surface area contributed by atoms with Gasteiger partial charge in [0, 0.05) is 6.20 Å². The minimum absolute atomic E-state index is 0.0170. The van der Waals surface area contributed by atoms with Crippen LogP contribution in [-0.4, -0.2) is 37.7 Å². The summed E-state index contributed by atoms with van der Waals surface area (Å²) in [7, 11) is 0. The smallest absolute Gasteiger partial charge is 0.287 e. The predicted molar refractivity (Wildman–Crippen MR) is 89.8 cm³/mol. The van der Waals surface area contributed by atoms with E-state index in [2.05, 4.69) is 21.5 Å². The molecule has 0 saturated heterocycles. The van der Waals surface area contributed by atoms with Crippen LogP contribution in [0.4, 0.5) is 5.69 Å². The lowest BCUT2D eigenvalue weighted by atomic mass is 10.2. The molecular weight excluding hydrogens is 324 g/mol. The summed E-state index contributed by atoms with van der Waals surface area (Å²) in [5.74, 6) is -1.75. The average molecular weight is 340 g/mol. The third-order valence-electron chi connectivity index (χ3n) is 3.51. The summed E-state index contributed by atoms with van der Waals surface area (Å²) in [6.45, 7) is 3.97. The van der Waals surface area contributed by atoms with E-state index in [4.69, 9.17) is 4.74 Å². The summed E-state index contributed by atoms with van der Waals surface area (Å²) in [6, 6.07) is 3.35. The average Bonchev–Trinajstić information content (AvgIpc) is 2.65. The minimum atomic E-state index is -0.708. The number of aromatic hydroxyl groups is 2. The fourth-order valence-corrected chi connectivity index (χ4v) is 2.34. The van der Waals surface area contributed by atoms with Gasteiger partial charge in [0.1, 0.15) is 0 Å². The first-order valence-corrected chi connectivity index (χ1v) is 7.61. The van der Waals surface area contributed by atoms with Gasteiger partial charge in [0.15, 0.2) is 17.4 Å². The Morgan fingerprint density at radius 3 is 2.84 bits per heavy atom. The molecule has 0 fully saturated rings. The number of carbonyl (C=O) groups is 1. The highest BCUT2D eigenvalue weighted by molar-refractivity contribution is 6.08. The molecule has 2 aromatic heterocycles. The molecule has 25 heavy (non-hydrogen) atoms. The number of ether oxygens (including phenoxy) is 1. The Kier molecular flexibility index (Phi) is 4.60. The number of hydrogen-bond acceptors (Lipinski definition) is 7. The molecule has 0 aromatic carbocycles. The molecule has 0 radical (unpaired) electrons. The first-order chi connectivity index (χ1) is 12.1. The summed E-state index contributed by atoms with van der Waals surface area (Å²) in [5.41, 5.74) is 0.0830. The Labute approximate surface area is 143 Å². The monoisotopic (exact) mass is 340 g/mol. The summed E-state index contributed by atoms with van der Waals surface area (Å²) >= 11 is 0. The fourth-order valence-electron chi connectivity index (χ4n) is 2.34. The Morgan fingerprint density at radius 2 is 2.20 bits per heavy atom. The van der Waals surface area contributed by atoms with E-state index in [1.54, 1.807) is 24.4 Å². The van der Waals surface area contributed by atoms with Gasteiger partial charge in [-0.1, -0.05) is 6.58 Å². The van der Waals surface area contributed by atoms with E-state index in [0.717, 1.165) is 12.8 Å². The van der Waals surface area contributed by atoms with Gasteiger partial charge in [-0.2, -0.15) is 4.98 Å². The van der Waals surface area contributed by atoms with Crippen LogP contribution >= 0.6 is 0 Å². The van der Waals surface area contributed by atoms with Crippen molar-refractivity contribution in [3.8, 4) is 11.6 Å². The highest BCUT2D eigenvalue weighted by Crippen LogP contribution is 2.30. The van der Waals surface area contributed by atoms with Gasteiger partial charge >= 0.3 is 0 Å². The molecule has 2 aromatic rings. The van der Waals surface area contributed by atoms with Crippen LogP contribution in [0.1, 0.15) is 29.2 Å². The molecule has 8 nitrogen and oxygen atoms in total. The Morgan fingerprint density at radius 1 is 1.36 bits per heavy atom. The Hall–Kier alpha value is -3.42. The van der Waals surface area contributed by atoms with Crippen molar-refractivity contribution in [1.29, 1.82) is 0 Å². The number of pyridine rings is 1. The van der Waals surface area contributed by atoms with Crippen molar-refractivity contribution in [2.45, 2.75) is 12.8 Å². The number of aromatic nitrogens is 3. The summed E-state index contributed by atoms with van der Waals surface area (Å²) in [6.07, 6.45) is 7.70. The zero-order valence-electron chi connectivity index (χ0n) is 13.3. The van der Waals surface area contributed by atoms with Crippen LogP contribution in [0.2, 0.25) is 0 Å². The first-order valence-electron chi connectivity index (χ1n) is 7.61. The van der Waals surface area contributed by atoms with Crippen LogP contribution in [0.3, 0.4) is 0 Å². The van der Waals surface area contributed by atoms with E-state index in [1.807, 2.05) is 0 Å². The van der Waals surface area contributed by atoms with Gasteiger partial charge in [-0.3, -0.25) is 9.78 Å². The lowest BCUT2D eigenvalue weighted by molar-refractivity contribution is 0.0948. The highest BCUT2D eigenvalue weighted by atomic mass is 16.5. The molecule has 3 heterocycles. The quantitative estimate of drug-likeness (QED) is 0.878. The molecule has 0 atom stereocenters. The molecule has 2 N–H and O–H groups in total. The van der Waals surface area contributed by atoms with Crippen molar-refractivity contribution in [1.82, 2.24) is 15.0 Å². The maximum atomic E-state index is 13.1. The van der Waals surface area contributed by atoms with Crippen molar-refractivity contribution >= 4 is 17.7 Å². The number of carbonyl (C=O) groups excluding carboxylic acids is 1. The van der Waals surface area contributed by atoms with E-state index >= 15 is 0 Å². The van der Waals surface area contributed by atoms with Crippen molar-refractivity contribution in [3.63, 3.8) is 0 Å². The Balaban J connectivity index is 2.11. The fraction of sp³-hybridized carbons (Fsp3) is 0.176. The molecule has 0 unspecified atom stereocenters. The Bertz CT molecular complexity index is 836. The second-order valence-corrected chi connectivity index (χ2v) is 5.19. The second kappa shape index (κ2) is 7.00. The first kappa shape index (κ1) is 16.4. The number of rotatable bonds is 4. The number of allylic oxidation sites excluding steroid dienone is 1. The third-order valence-corrected chi connectivity index (χ3v) is 3.51. The topological polar surface area (TPSA) is 109 Å². The molecule has 1 aliphatic heterocycles. The van der Waals surface area contributed by atoms with E-state index in [9.17, 15) is 15.0 Å². The van der Waals surface area contributed by atoms with Gasteiger partial charge in [0.2, 0.25) is 5.75 Å². The normalized spacial score (nSPS) is 13.5. The molecule has 1 aliphatic rings. The lowest BCUT2D eigenvalue weighted by Crippen LogP contribution is -2.33. The maximum Gasteiger partial charge on any atom is 0.287 e. The molecule has 0 bridgehead atoms. The van der Waals surface area contributed by atoms with Gasteiger partial charge in [-0.15, -0.1) is 0 Å². The van der Waals surface area contributed by atoms with Crippen LogP contribution in [0.5, 0.6) is 11.6 Å². The number of amides is 1. The predicted octanol–water partition coefficient (Wildman–Crippen LogP) is 2.22. The number of hydrogen-bond donors (Lipinski definition) is 2. The van der Waals surface area contributed by atoms with Crippen LogP contribution in [-0.2, 0) is 4.74 Å². The molecule has 0 saturated carbocycles. The molecule has 3 rings (SSSR count). The van der Waals surface area contributed by atoms with Crippen LogP contribution in [0.25, 0.3) is 6.08 Å². The highest BCUT2D eigenvalue weighted by Gasteiger charge is 2.29. The van der Waals surface area contributed by atoms with E-state index in [1.165, 1.54) is 17.2 Å². The van der Waals surface area contributed by atoms with Crippen molar-refractivity contribution in [2.24, 2.45) is 0 Å². The van der Waals surface area contributed by atoms with Crippen LogP contribution < -0.4 is 4.90 Å². The minimum Gasteiger partial charge on any atom is -0.501 e. The molecule has 8 heteroatoms. The van der Waals surface area contributed by atoms with Crippen LogP contribution in [0, 0.1) is 0 Å². The lowest BCUT2D eigenvalue weighted by Gasteiger charge is -2.27. The molecule has 0 aliphatic carbocycles. The second-order valence-electron chi connectivity index (χ2n) is 5.19. The molecule has 1 amide bonds. The summed E-state index contributed by atoms with van der Waals surface area (Å²) in [4.78, 5) is 25.9. The van der Waals surface area contributed by atoms with Gasteiger partial charge < -0.3 is 14.9 Å². The van der Waals surface area contributed by atoms with E-state index in [0.29, 0.717) is 18.2 Å². The van der Waals surface area contributed by atoms with Crippen molar-refractivity contribution in [2.75, 3.05) is 11.5 Å². The summed E-state index contributed by atoms with van der Waals surface area (Å²) in [5, 5.41) is 19.8.